The average Bonchev–Trinajstić information content (AvgIpc) is 2.72. The van der Waals surface area contributed by atoms with Gasteiger partial charge in [-0.3, -0.25) is 0 Å². The zero-order chi connectivity index (χ0) is 12.3. The zero-order valence-corrected chi connectivity index (χ0v) is 9.66. The molecule has 0 spiro atoms. The fraction of sp³-hybridized carbons (Fsp3) is 0.111. The molecule has 1 aromatic heterocycles. The summed E-state index contributed by atoms with van der Waals surface area (Å²) < 4.78 is 5.16. The minimum Gasteiger partial charge on any atom is -0.496 e. The van der Waals surface area contributed by atoms with Crippen molar-refractivity contribution in [1.82, 2.24) is 20.3 Å². The summed E-state index contributed by atoms with van der Waals surface area (Å²) in [5, 5.41) is 15.0. The summed E-state index contributed by atoms with van der Waals surface area (Å²) in [7, 11) is 1.56. The SMILES string of the molecule is COc1ccc(Cl)cc1/C=N/n1nnnc1N. The smallest absolute Gasteiger partial charge is 0.263 e. The number of nitrogens with two attached hydrogens (primary N) is 1. The van der Waals surface area contributed by atoms with Gasteiger partial charge >= 0.3 is 0 Å². The highest BCUT2D eigenvalue weighted by atomic mass is 35.5. The first kappa shape index (κ1) is 11.3. The third kappa shape index (κ3) is 2.51. The van der Waals surface area contributed by atoms with Crippen LogP contribution in [0.3, 0.4) is 0 Å². The van der Waals surface area contributed by atoms with Crippen molar-refractivity contribution in [2.24, 2.45) is 5.10 Å². The van der Waals surface area contributed by atoms with Crippen LogP contribution >= 0.6 is 11.6 Å². The molecular weight excluding hydrogens is 244 g/mol. The molecule has 0 radical (unpaired) electrons. The van der Waals surface area contributed by atoms with Crippen molar-refractivity contribution in [3.05, 3.63) is 28.8 Å². The number of rotatable bonds is 3. The summed E-state index contributed by atoms with van der Waals surface area (Å²) in [5.74, 6) is 0.743. The molecule has 7 nitrogen and oxygen atoms in total. The fourth-order valence-corrected chi connectivity index (χ4v) is 1.38. The van der Waals surface area contributed by atoms with E-state index in [0.717, 1.165) is 4.79 Å². The predicted octanol–water partition coefficient (Wildman–Crippen LogP) is 0.799. The van der Waals surface area contributed by atoms with Crippen molar-refractivity contribution >= 4 is 23.8 Å². The number of hydrogen-bond acceptors (Lipinski definition) is 6. The Labute approximate surface area is 102 Å². The van der Waals surface area contributed by atoms with Gasteiger partial charge in [0.05, 0.1) is 13.3 Å². The molecule has 0 bridgehead atoms. The van der Waals surface area contributed by atoms with Crippen LogP contribution in [0.5, 0.6) is 5.75 Å². The summed E-state index contributed by atoms with van der Waals surface area (Å²) in [4.78, 5) is 1.10. The summed E-state index contributed by atoms with van der Waals surface area (Å²) in [6.07, 6.45) is 1.51. The molecule has 2 aromatic rings. The summed E-state index contributed by atoms with van der Waals surface area (Å²) in [5.41, 5.74) is 6.16. The van der Waals surface area contributed by atoms with Gasteiger partial charge in [0.2, 0.25) is 0 Å². The highest BCUT2D eigenvalue weighted by molar-refractivity contribution is 6.30. The van der Waals surface area contributed by atoms with Gasteiger partial charge in [-0.15, -0.1) is 0 Å². The van der Waals surface area contributed by atoms with Crippen LogP contribution in [-0.4, -0.2) is 33.6 Å². The Balaban J connectivity index is 2.32. The van der Waals surface area contributed by atoms with Crippen LogP contribution in [0.2, 0.25) is 5.02 Å². The third-order valence-electron chi connectivity index (χ3n) is 1.97. The summed E-state index contributed by atoms with van der Waals surface area (Å²) in [6, 6.07) is 5.18. The van der Waals surface area contributed by atoms with Gasteiger partial charge in [0.1, 0.15) is 5.75 Å². The van der Waals surface area contributed by atoms with Gasteiger partial charge in [-0.05, 0) is 28.6 Å². The average molecular weight is 253 g/mol. The second-order valence-corrected chi connectivity index (χ2v) is 3.49. The van der Waals surface area contributed by atoms with Crippen LogP contribution in [0.4, 0.5) is 5.95 Å². The molecule has 0 amide bonds. The normalized spacial score (nSPS) is 10.9. The number of halogens is 1. The Morgan fingerprint density at radius 3 is 3.00 bits per heavy atom. The van der Waals surface area contributed by atoms with E-state index in [4.69, 9.17) is 22.1 Å². The second-order valence-electron chi connectivity index (χ2n) is 3.06. The molecule has 8 heteroatoms. The molecule has 0 atom stereocenters. The molecule has 2 rings (SSSR count). The molecule has 2 N–H and O–H groups in total. The van der Waals surface area contributed by atoms with Crippen molar-refractivity contribution < 1.29 is 4.74 Å². The van der Waals surface area contributed by atoms with Gasteiger partial charge in [-0.25, -0.2) is 0 Å². The van der Waals surface area contributed by atoms with Gasteiger partial charge in [0.25, 0.3) is 5.95 Å². The standard InChI is InChI=1S/C9H9ClN6O/c1-17-8-3-2-7(10)4-6(8)5-12-16-9(11)13-14-15-16/h2-5H,1H3,(H2,11,13,15)/b12-5+. The lowest BCUT2D eigenvalue weighted by Gasteiger charge is -2.03. The number of nitrogens with zero attached hydrogens (tertiary/aromatic N) is 5. The van der Waals surface area contributed by atoms with Crippen molar-refractivity contribution in [2.45, 2.75) is 0 Å². The molecular formula is C9H9ClN6O. The molecule has 88 valence electrons. The van der Waals surface area contributed by atoms with E-state index in [-0.39, 0.29) is 5.95 Å². The second kappa shape index (κ2) is 4.79. The van der Waals surface area contributed by atoms with Crippen molar-refractivity contribution in [1.29, 1.82) is 0 Å². The number of tetrazole rings is 1. The maximum absolute atomic E-state index is 5.88. The lowest BCUT2D eigenvalue weighted by molar-refractivity contribution is 0.414. The molecule has 1 heterocycles. The maximum Gasteiger partial charge on any atom is 0.263 e. The Morgan fingerprint density at radius 2 is 2.35 bits per heavy atom. The highest BCUT2D eigenvalue weighted by Gasteiger charge is 2.02. The largest absolute Gasteiger partial charge is 0.496 e. The van der Waals surface area contributed by atoms with Crippen LogP contribution < -0.4 is 10.5 Å². The van der Waals surface area contributed by atoms with E-state index >= 15 is 0 Å². The maximum atomic E-state index is 5.88. The number of anilines is 1. The van der Waals surface area contributed by atoms with Gasteiger partial charge in [0, 0.05) is 10.6 Å². The van der Waals surface area contributed by atoms with E-state index in [0.29, 0.717) is 16.3 Å². The number of ether oxygens (including phenoxy) is 1. The minimum atomic E-state index is 0.0993. The molecule has 0 aliphatic rings. The van der Waals surface area contributed by atoms with Crippen molar-refractivity contribution in [3.8, 4) is 5.75 Å². The number of benzene rings is 1. The van der Waals surface area contributed by atoms with Crippen LogP contribution in [-0.2, 0) is 0 Å². The Hall–Kier alpha value is -2.15. The molecule has 0 aliphatic carbocycles. The topological polar surface area (TPSA) is 91.2 Å². The van der Waals surface area contributed by atoms with Gasteiger partial charge in [0.15, 0.2) is 0 Å². The van der Waals surface area contributed by atoms with Crippen molar-refractivity contribution in [2.75, 3.05) is 12.8 Å². The van der Waals surface area contributed by atoms with Crippen LogP contribution in [0.25, 0.3) is 0 Å². The van der Waals surface area contributed by atoms with Crippen LogP contribution in [0.1, 0.15) is 5.56 Å². The molecule has 0 saturated carbocycles. The number of nitrogen functional groups attached to an aromatic ring is 1. The number of hydrogen-bond donors (Lipinski definition) is 1. The van der Waals surface area contributed by atoms with Crippen LogP contribution in [0.15, 0.2) is 23.3 Å². The van der Waals surface area contributed by atoms with E-state index in [1.165, 1.54) is 6.21 Å². The Kier molecular flexibility index (Phi) is 3.20. The first-order chi connectivity index (χ1) is 8.20. The monoisotopic (exact) mass is 252 g/mol. The lowest BCUT2D eigenvalue weighted by Crippen LogP contribution is -2.00. The van der Waals surface area contributed by atoms with E-state index in [1.54, 1.807) is 25.3 Å². The quantitative estimate of drug-likeness (QED) is 0.816. The van der Waals surface area contributed by atoms with Crippen molar-refractivity contribution in [3.63, 3.8) is 0 Å². The highest BCUT2D eigenvalue weighted by Crippen LogP contribution is 2.20. The molecule has 0 saturated heterocycles. The molecule has 1 aromatic carbocycles. The minimum absolute atomic E-state index is 0.0993. The third-order valence-corrected chi connectivity index (χ3v) is 2.21. The Bertz CT molecular complexity index is 552. The zero-order valence-electron chi connectivity index (χ0n) is 8.91. The lowest BCUT2D eigenvalue weighted by atomic mass is 10.2. The molecule has 0 unspecified atom stereocenters. The van der Waals surface area contributed by atoms with Crippen LogP contribution in [0, 0.1) is 0 Å². The molecule has 17 heavy (non-hydrogen) atoms. The van der Waals surface area contributed by atoms with E-state index in [2.05, 4.69) is 20.6 Å². The van der Waals surface area contributed by atoms with Gasteiger partial charge in [-0.1, -0.05) is 21.5 Å². The summed E-state index contributed by atoms with van der Waals surface area (Å²) >= 11 is 5.88. The fourth-order valence-electron chi connectivity index (χ4n) is 1.19. The molecule has 0 aliphatic heterocycles. The summed E-state index contributed by atoms with van der Waals surface area (Å²) in [6.45, 7) is 0. The first-order valence-electron chi connectivity index (χ1n) is 4.62. The molecule has 0 fully saturated rings. The number of methoxy groups -OCH3 is 1. The predicted molar refractivity (Wildman–Crippen MR) is 63.2 cm³/mol. The van der Waals surface area contributed by atoms with Gasteiger partial charge < -0.3 is 10.5 Å². The van der Waals surface area contributed by atoms with E-state index in [1.807, 2.05) is 0 Å². The van der Waals surface area contributed by atoms with E-state index in [9.17, 15) is 0 Å². The van der Waals surface area contributed by atoms with Gasteiger partial charge in [-0.2, -0.15) is 5.10 Å². The van der Waals surface area contributed by atoms with E-state index < -0.39 is 0 Å². The Morgan fingerprint density at radius 1 is 1.53 bits per heavy atom. The first-order valence-corrected chi connectivity index (χ1v) is 5.00. The number of aromatic nitrogens is 4.